The number of hydrogen-bond acceptors (Lipinski definition) is 3. The third-order valence-corrected chi connectivity index (χ3v) is 5.14. The molecule has 1 atom stereocenters. The quantitative estimate of drug-likeness (QED) is 0.399. The molecule has 5 heteroatoms. The normalized spacial score (nSPS) is 14.3. The summed E-state index contributed by atoms with van der Waals surface area (Å²) in [4.78, 5) is 39.1. The average molecular weight is 483 g/mol. The van der Waals surface area contributed by atoms with E-state index in [0.717, 1.165) is 5.56 Å². The van der Waals surface area contributed by atoms with Crippen LogP contribution in [0.4, 0.5) is 0 Å². The molecule has 0 aromatic heterocycles. The van der Waals surface area contributed by atoms with Gasteiger partial charge in [0.2, 0.25) is 0 Å². The number of halogens is 1. The van der Waals surface area contributed by atoms with Crippen molar-refractivity contribution >= 4 is 29.0 Å². The van der Waals surface area contributed by atoms with E-state index in [0.29, 0.717) is 21.7 Å². The molecule has 0 radical (unpaired) electrons. The van der Waals surface area contributed by atoms with Gasteiger partial charge in [-0.2, -0.15) is 0 Å². The molecule has 142 valence electrons. The van der Waals surface area contributed by atoms with E-state index in [9.17, 15) is 14.4 Å². The van der Waals surface area contributed by atoms with Gasteiger partial charge in [-0.3, -0.25) is 14.4 Å². The molecule has 0 amide bonds. The summed E-state index contributed by atoms with van der Waals surface area (Å²) in [6, 6.07) is 22.7. The van der Waals surface area contributed by atoms with Gasteiger partial charge < -0.3 is 0 Å². The van der Waals surface area contributed by atoms with Crippen LogP contribution in [-0.2, 0) is 27.2 Å². The molecule has 0 bridgehead atoms. The summed E-state index contributed by atoms with van der Waals surface area (Å²) >= 11 is 5.98. The monoisotopic (exact) mass is 481 g/mol. The Kier molecular flexibility index (Phi) is 6.11. The first-order chi connectivity index (χ1) is 13.1. The first kappa shape index (κ1) is 20.4. The van der Waals surface area contributed by atoms with Crippen LogP contribution in [0.3, 0.4) is 0 Å². The van der Waals surface area contributed by atoms with E-state index in [-0.39, 0.29) is 22.4 Å². The van der Waals surface area contributed by atoms with E-state index in [2.05, 4.69) is 0 Å². The van der Waals surface area contributed by atoms with Crippen LogP contribution in [0, 0.1) is 5.92 Å². The second kappa shape index (κ2) is 8.38. The van der Waals surface area contributed by atoms with Crippen LogP contribution in [0.25, 0.3) is 0 Å². The van der Waals surface area contributed by atoms with Gasteiger partial charge in [0.25, 0.3) is 0 Å². The van der Waals surface area contributed by atoms with Crippen molar-refractivity contribution in [2.75, 3.05) is 0 Å². The van der Waals surface area contributed by atoms with Gasteiger partial charge in [-0.25, -0.2) is 0 Å². The molecule has 3 aromatic carbocycles. The van der Waals surface area contributed by atoms with E-state index in [1.165, 1.54) is 0 Å². The number of carbonyl (C=O) groups excluding carboxylic acids is 3. The largest absolute Gasteiger partial charge is 1.00 e. The molecule has 0 N–H and O–H groups in total. The van der Waals surface area contributed by atoms with E-state index < -0.39 is 29.2 Å². The molecule has 0 aliphatic heterocycles. The zero-order chi connectivity index (χ0) is 19.0. The average Bonchev–Trinajstić information content (AvgIpc) is 2.95. The smallest absolute Gasteiger partial charge is 0.297 e. The molecular weight excluding hydrogens is 468 g/mol. The van der Waals surface area contributed by atoms with E-state index in [1.807, 2.05) is 30.3 Å². The van der Waals surface area contributed by atoms with E-state index in [4.69, 9.17) is 11.6 Å². The summed E-state index contributed by atoms with van der Waals surface area (Å²) in [6.45, 7) is 0. The fraction of sp³-hybridized carbons (Fsp3) is 0.0870. The van der Waals surface area contributed by atoms with Gasteiger partial charge in [0.05, 0.1) is 5.92 Å². The number of rotatable bonds is 4. The maximum Gasteiger partial charge on any atom is 1.00 e. The van der Waals surface area contributed by atoms with Crippen molar-refractivity contribution in [2.45, 2.75) is 5.92 Å². The van der Waals surface area contributed by atoms with Crippen molar-refractivity contribution in [2.24, 2.45) is 5.92 Å². The number of fused-ring (bicyclic) bond motifs is 1. The molecule has 4 rings (SSSR count). The Morgan fingerprint density at radius 3 is 1.71 bits per heavy atom. The van der Waals surface area contributed by atoms with Crippen molar-refractivity contribution in [1.29, 1.82) is 0 Å². The maximum absolute atomic E-state index is 13.4. The molecule has 1 aliphatic rings. The zero-order valence-corrected chi connectivity index (χ0v) is 16.8. The van der Waals surface area contributed by atoms with Crippen molar-refractivity contribution < 1.29 is 36.8 Å². The van der Waals surface area contributed by atoms with Crippen LogP contribution in [0.5, 0.6) is 0 Å². The minimum absolute atomic E-state index is 0. The van der Waals surface area contributed by atoms with Crippen LogP contribution in [0.2, 0.25) is 5.02 Å². The van der Waals surface area contributed by atoms with Gasteiger partial charge in [-0.15, -0.1) is 0 Å². The molecule has 0 saturated carbocycles. The standard InChI is InChI=1S/C23H15ClO3.Ag/c24-16-12-10-15(11-13-16)19(14-6-2-1-3-7-14)23(27)20-21(25)17-8-4-5-9-18(17)22(20)26;/h1-13,19-20H;/q;+1. The van der Waals surface area contributed by atoms with Gasteiger partial charge >= 0.3 is 22.4 Å². The van der Waals surface area contributed by atoms with Crippen LogP contribution in [0.1, 0.15) is 37.8 Å². The van der Waals surface area contributed by atoms with Crippen molar-refractivity contribution in [3.63, 3.8) is 0 Å². The zero-order valence-electron chi connectivity index (χ0n) is 14.6. The summed E-state index contributed by atoms with van der Waals surface area (Å²) in [7, 11) is 0. The Hall–Kier alpha value is -2.30. The van der Waals surface area contributed by atoms with Crippen molar-refractivity contribution in [3.8, 4) is 0 Å². The number of hydrogen-bond donors (Lipinski definition) is 0. The molecule has 3 aromatic rings. The molecule has 1 aliphatic carbocycles. The first-order valence-corrected chi connectivity index (χ1v) is 8.97. The Labute approximate surface area is 183 Å². The minimum atomic E-state index is -1.30. The number of benzene rings is 3. The molecule has 28 heavy (non-hydrogen) atoms. The Morgan fingerprint density at radius 2 is 1.18 bits per heavy atom. The molecule has 1 unspecified atom stereocenters. The number of Topliss-reactive ketones (excluding diaryl/α,β-unsaturated/α-hetero) is 3. The molecule has 3 nitrogen and oxygen atoms in total. The van der Waals surface area contributed by atoms with Gasteiger partial charge in [0, 0.05) is 16.1 Å². The number of carbonyl (C=O) groups is 3. The summed E-state index contributed by atoms with van der Waals surface area (Å²) < 4.78 is 0. The van der Waals surface area contributed by atoms with Gasteiger partial charge in [0.1, 0.15) is 5.92 Å². The predicted octanol–water partition coefficient (Wildman–Crippen LogP) is 4.73. The Morgan fingerprint density at radius 1 is 0.714 bits per heavy atom. The Bertz CT molecular complexity index is 1010. The minimum Gasteiger partial charge on any atom is -0.297 e. The van der Waals surface area contributed by atoms with E-state index >= 15 is 0 Å². The SMILES string of the molecule is O=C1c2ccccc2C(=O)C1C(=O)C(c1ccccc1)c1ccc(Cl)cc1.[Ag+]. The van der Waals surface area contributed by atoms with Crippen LogP contribution < -0.4 is 0 Å². The van der Waals surface area contributed by atoms with Crippen LogP contribution >= 0.6 is 11.6 Å². The second-order valence-electron chi connectivity index (χ2n) is 6.50. The summed E-state index contributed by atoms with van der Waals surface area (Å²) in [6.07, 6.45) is 0. The summed E-state index contributed by atoms with van der Waals surface area (Å²) in [5, 5.41) is 0.554. The Balaban J connectivity index is 0.00000225. The maximum atomic E-state index is 13.4. The predicted molar refractivity (Wildman–Crippen MR) is 103 cm³/mol. The second-order valence-corrected chi connectivity index (χ2v) is 6.94. The summed E-state index contributed by atoms with van der Waals surface area (Å²) in [5.74, 6) is -3.26. The van der Waals surface area contributed by atoms with Crippen molar-refractivity contribution in [3.05, 3.63) is 106 Å². The fourth-order valence-corrected chi connectivity index (χ4v) is 3.72. The third-order valence-electron chi connectivity index (χ3n) is 4.89. The first-order valence-electron chi connectivity index (χ1n) is 8.59. The number of ketones is 3. The molecule has 0 spiro atoms. The molecule has 0 saturated heterocycles. The van der Waals surface area contributed by atoms with Crippen LogP contribution in [-0.4, -0.2) is 17.3 Å². The van der Waals surface area contributed by atoms with Gasteiger partial charge in [-0.05, 0) is 23.3 Å². The fourth-order valence-electron chi connectivity index (χ4n) is 3.59. The van der Waals surface area contributed by atoms with E-state index in [1.54, 1.807) is 48.5 Å². The molecule has 0 fully saturated rings. The van der Waals surface area contributed by atoms with Crippen LogP contribution in [0.15, 0.2) is 78.9 Å². The molecular formula is C23H15AgClO3+. The van der Waals surface area contributed by atoms with Crippen molar-refractivity contribution in [1.82, 2.24) is 0 Å². The van der Waals surface area contributed by atoms with Gasteiger partial charge in [0.15, 0.2) is 17.3 Å². The van der Waals surface area contributed by atoms with Gasteiger partial charge in [-0.1, -0.05) is 78.3 Å². The summed E-state index contributed by atoms with van der Waals surface area (Å²) in [5.41, 5.74) is 2.08. The third kappa shape index (κ3) is 3.54. The topological polar surface area (TPSA) is 51.2 Å². The molecule has 0 heterocycles.